The summed E-state index contributed by atoms with van der Waals surface area (Å²) in [6.07, 6.45) is 0.0614. The number of nitrogens with zero attached hydrogens (tertiary/aromatic N) is 2. The third kappa shape index (κ3) is 5.26. The molecular formula is C22H23Cl2N3O5. The fourth-order valence-electron chi connectivity index (χ4n) is 3.49. The molecule has 0 radical (unpaired) electrons. The molecule has 10 heteroatoms. The van der Waals surface area contributed by atoms with E-state index in [1.165, 1.54) is 37.1 Å². The monoisotopic (exact) mass is 479 g/mol. The van der Waals surface area contributed by atoms with E-state index >= 15 is 0 Å². The molecule has 3 amide bonds. The fraction of sp³-hybridized carbons (Fsp3) is 0.318. The molecule has 1 saturated heterocycles. The average molecular weight is 480 g/mol. The number of carbonyl (C=O) groups is 3. The fourth-order valence-corrected chi connectivity index (χ4v) is 3.79. The molecule has 0 aromatic heterocycles. The maximum absolute atomic E-state index is 12.9. The van der Waals surface area contributed by atoms with Gasteiger partial charge in [0.2, 0.25) is 17.7 Å². The van der Waals surface area contributed by atoms with Gasteiger partial charge in [0.05, 0.1) is 36.7 Å². The number of halogens is 2. The smallest absolute Gasteiger partial charge is 0.243 e. The lowest BCUT2D eigenvalue weighted by Crippen LogP contribution is -2.39. The van der Waals surface area contributed by atoms with Gasteiger partial charge >= 0.3 is 0 Å². The Morgan fingerprint density at radius 1 is 1.09 bits per heavy atom. The predicted octanol–water partition coefficient (Wildman–Crippen LogP) is 3.46. The minimum atomic E-state index is -0.557. The standard InChI is InChI=1S/C22H23Cl2N3O5/c1-26(12-20(28)25-14-4-6-16(23)17(24)9-14)22(30)13-8-21(29)27(11-13)15-5-7-18(31-2)19(10-15)32-3/h4-7,9-10,13H,8,11-12H2,1-3H3,(H,25,28). The molecule has 0 aliphatic carbocycles. The van der Waals surface area contributed by atoms with Gasteiger partial charge < -0.3 is 24.6 Å². The molecule has 2 aromatic rings. The zero-order valence-electron chi connectivity index (χ0n) is 17.9. The van der Waals surface area contributed by atoms with Gasteiger partial charge in [-0.3, -0.25) is 14.4 Å². The second-order valence-electron chi connectivity index (χ2n) is 7.32. The molecule has 170 valence electrons. The molecule has 32 heavy (non-hydrogen) atoms. The highest BCUT2D eigenvalue weighted by Crippen LogP contribution is 2.34. The van der Waals surface area contributed by atoms with E-state index < -0.39 is 5.92 Å². The van der Waals surface area contributed by atoms with Gasteiger partial charge in [-0.05, 0) is 30.3 Å². The minimum absolute atomic E-state index is 0.0614. The summed E-state index contributed by atoms with van der Waals surface area (Å²) in [7, 11) is 4.57. The second kappa shape index (κ2) is 10.1. The molecule has 1 unspecified atom stereocenters. The molecular weight excluding hydrogens is 457 g/mol. The minimum Gasteiger partial charge on any atom is -0.493 e. The molecule has 1 heterocycles. The van der Waals surface area contributed by atoms with Crippen molar-refractivity contribution in [3.8, 4) is 11.5 Å². The van der Waals surface area contributed by atoms with E-state index in [1.807, 2.05) is 0 Å². The van der Waals surface area contributed by atoms with Crippen molar-refractivity contribution < 1.29 is 23.9 Å². The van der Waals surface area contributed by atoms with Crippen molar-refractivity contribution in [1.29, 1.82) is 0 Å². The molecule has 1 aliphatic rings. The molecule has 1 N–H and O–H groups in total. The van der Waals surface area contributed by atoms with E-state index in [1.54, 1.807) is 30.3 Å². The highest BCUT2D eigenvalue weighted by atomic mass is 35.5. The lowest BCUT2D eigenvalue weighted by molar-refractivity contribution is -0.137. The SMILES string of the molecule is COc1ccc(N2CC(C(=O)N(C)CC(=O)Nc3ccc(Cl)c(Cl)c3)CC2=O)cc1OC. The first-order valence-corrected chi connectivity index (χ1v) is 10.5. The van der Waals surface area contributed by atoms with Gasteiger partial charge in [0.1, 0.15) is 0 Å². The van der Waals surface area contributed by atoms with Crippen molar-refractivity contribution in [1.82, 2.24) is 4.90 Å². The maximum Gasteiger partial charge on any atom is 0.243 e. The summed E-state index contributed by atoms with van der Waals surface area (Å²) in [6.45, 7) is 0.0476. The molecule has 0 saturated carbocycles. The lowest BCUT2D eigenvalue weighted by Gasteiger charge is -2.21. The quantitative estimate of drug-likeness (QED) is 0.656. The first-order valence-electron chi connectivity index (χ1n) is 9.75. The molecule has 0 spiro atoms. The van der Waals surface area contributed by atoms with Crippen LogP contribution in [-0.4, -0.2) is 57.0 Å². The van der Waals surface area contributed by atoms with Crippen LogP contribution in [0.3, 0.4) is 0 Å². The van der Waals surface area contributed by atoms with E-state index in [9.17, 15) is 14.4 Å². The van der Waals surface area contributed by atoms with Gasteiger partial charge in [-0.2, -0.15) is 0 Å². The predicted molar refractivity (Wildman–Crippen MR) is 123 cm³/mol. The number of hydrogen-bond donors (Lipinski definition) is 1. The number of amides is 3. The Bertz CT molecular complexity index is 1050. The highest BCUT2D eigenvalue weighted by molar-refractivity contribution is 6.42. The summed E-state index contributed by atoms with van der Waals surface area (Å²) in [5.74, 6) is -0.375. The van der Waals surface area contributed by atoms with E-state index in [0.29, 0.717) is 32.9 Å². The molecule has 1 fully saturated rings. The van der Waals surface area contributed by atoms with Crippen LogP contribution in [0.5, 0.6) is 11.5 Å². The van der Waals surface area contributed by atoms with Crippen LogP contribution in [0.15, 0.2) is 36.4 Å². The number of anilines is 2. The molecule has 8 nitrogen and oxygen atoms in total. The molecule has 3 rings (SSSR count). The van der Waals surface area contributed by atoms with E-state index in [0.717, 1.165) is 0 Å². The maximum atomic E-state index is 12.9. The number of hydrogen-bond acceptors (Lipinski definition) is 5. The van der Waals surface area contributed by atoms with Crippen LogP contribution >= 0.6 is 23.2 Å². The normalized spacial score (nSPS) is 15.5. The van der Waals surface area contributed by atoms with Crippen molar-refractivity contribution in [2.75, 3.05) is 44.6 Å². The average Bonchev–Trinajstić information content (AvgIpc) is 3.16. The topological polar surface area (TPSA) is 88.2 Å². The zero-order chi connectivity index (χ0) is 23.4. The highest BCUT2D eigenvalue weighted by Gasteiger charge is 2.37. The number of carbonyl (C=O) groups excluding carboxylic acids is 3. The van der Waals surface area contributed by atoms with Crippen molar-refractivity contribution in [2.24, 2.45) is 5.92 Å². The summed E-state index contributed by atoms with van der Waals surface area (Å²) in [5, 5.41) is 3.36. The van der Waals surface area contributed by atoms with Crippen LogP contribution in [0.1, 0.15) is 6.42 Å². The lowest BCUT2D eigenvalue weighted by atomic mass is 10.1. The summed E-state index contributed by atoms with van der Waals surface area (Å²) >= 11 is 11.8. The third-order valence-corrected chi connectivity index (χ3v) is 5.85. The molecule has 1 aliphatic heterocycles. The van der Waals surface area contributed by atoms with Gasteiger partial charge in [0.15, 0.2) is 11.5 Å². The van der Waals surface area contributed by atoms with E-state index in [2.05, 4.69) is 5.32 Å². The Kier molecular flexibility index (Phi) is 7.48. The Morgan fingerprint density at radius 3 is 2.47 bits per heavy atom. The molecule has 0 bridgehead atoms. The largest absolute Gasteiger partial charge is 0.493 e. The van der Waals surface area contributed by atoms with Gasteiger partial charge in [0, 0.05) is 37.5 Å². The number of ether oxygens (including phenoxy) is 2. The van der Waals surface area contributed by atoms with Gasteiger partial charge in [-0.1, -0.05) is 23.2 Å². The molecule has 1 atom stereocenters. The van der Waals surface area contributed by atoms with Crippen molar-refractivity contribution >= 4 is 52.3 Å². The third-order valence-electron chi connectivity index (χ3n) is 5.11. The number of methoxy groups -OCH3 is 2. The first-order chi connectivity index (χ1) is 15.2. The van der Waals surface area contributed by atoms with E-state index in [4.69, 9.17) is 32.7 Å². The van der Waals surface area contributed by atoms with Crippen molar-refractivity contribution in [3.05, 3.63) is 46.4 Å². The van der Waals surface area contributed by atoms with Crippen molar-refractivity contribution in [2.45, 2.75) is 6.42 Å². The van der Waals surface area contributed by atoms with E-state index in [-0.39, 0.29) is 37.2 Å². The van der Waals surface area contributed by atoms with Crippen LogP contribution in [-0.2, 0) is 14.4 Å². The summed E-state index contributed by atoms with van der Waals surface area (Å²) in [4.78, 5) is 40.6. The van der Waals surface area contributed by atoms with Gasteiger partial charge in [-0.15, -0.1) is 0 Å². The van der Waals surface area contributed by atoms with Crippen LogP contribution in [0.25, 0.3) is 0 Å². The Morgan fingerprint density at radius 2 is 1.81 bits per heavy atom. The van der Waals surface area contributed by atoms with Crippen LogP contribution < -0.4 is 19.7 Å². The molecule has 2 aromatic carbocycles. The van der Waals surface area contributed by atoms with Gasteiger partial charge in [0.25, 0.3) is 0 Å². The summed E-state index contributed by atoms with van der Waals surface area (Å²) < 4.78 is 10.5. The van der Waals surface area contributed by atoms with Crippen molar-refractivity contribution in [3.63, 3.8) is 0 Å². The zero-order valence-corrected chi connectivity index (χ0v) is 19.4. The number of nitrogens with one attached hydrogen (secondary N) is 1. The Balaban J connectivity index is 1.62. The Labute approximate surface area is 196 Å². The number of rotatable bonds is 7. The summed E-state index contributed by atoms with van der Waals surface area (Å²) in [6, 6.07) is 9.85. The van der Waals surface area contributed by atoms with Crippen LogP contribution in [0, 0.1) is 5.92 Å². The van der Waals surface area contributed by atoms with Crippen LogP contribution in [0.4, 0.5) is 11.4 Å². The first kappa shape index (κ1) is 23.7. The van der Waals surface area contributed by atoms with Gasteiger partial charge in [-0.25, -0.2) is 0 Å². The number of likely N-dealkylation sites (N-methyl/N-ethyl adjacent to an activating group) is 1. The summed E-state index contributed by atoms with van der Waals surface area (Å²) in [5.41, 5.74) is 1.09. The Hall–Kier alpha value is -2.97. The van der Waals surface area contributed by atoms with Crippen LogP contribution in [0.2, 0.25) is 10.0 Å². The second-order valence-corrected chi connectivity index (χ2v) is 8.13. The number of benzene rings is 2.